The molecule has 3 nitrogen and oxygen atoms in total. The van der Waals surface area contributed by atoms with Gasteiger partial charge in [-0.1, -0.05) is 48.5 Å². The lowest BCUT2D eigenvalue weighted by molar-refractivity contribution is 0.300. The van der Waals surface area contributed by atoms with Crippen molar-refractivity contribution in [2.45, 2.75) is 6.61 Å². The Kier molecular flexibility index (Phi) is 4.23. The van der Waals surface area contributed by atoms with Crippen LogP contribution in [0.15, 0.2) is 88.1 Å². The van der Waals surface area contributed by atoms with Gasteiger partial charge in [0.1, 0.15) is 23.8 Å². The molecule has 1 heterocycles. The summed E-state index contributed by atoms with van der Waals surface area (Å²) in [7, 11) is 0. The summed E-state index contributed by atoms with van der Waals surface area (Å²) in [5.41, 5.74) is 1.81. The van der Waals surface area contributed by atoms with Crippen molar-refractivity contribution in [1.29, 1.82) is 0 Å². The summed E-state index contributed by atoms with van der Waals surface area (Å²) in [4.78, 5) is 12.3. The predicted molar refractivity (Wildman–Crippen MR) is 98.7 cm³/mol. The highest BCUT2D eigenvalue weighted by atomic mass is 19.1. The van der Waals surface area contributed by atoms with E-state index in [1.165, 1.54) is 6.07 Å². The van der Waals surface area contributed by atoms with Crippen LogP contribution in [0.5, 0.6) is 5.75 Å². The maximum absolute atomic E-state index is 13.7. The Balaban J connectivity index is 1.64. The summed E-state index contributed by atoms with van der Waals surface area (Å²) < 4.78 is 24.8. The summed E-state index contributed by atoms with van der Waals surface area (Å²) in [6.07, 6.45) is 0. The zero-order valence-corrected chi connectivity index (χ0v) is 13.8. The van der Waals surface area contributed by atoms with E-state index < -0.39 is 5.63 Å². The average Bonchev–Trinajstić information content (AvgIpc) is 2.67. The van der Waals surface area contributed by atoms with Gasteiger partial charge in [-0.3, -0.25) is 0 Å². The molecule has 0 aliphatic carbocycles. The molecule has 0 spiro atoms. The van der Waals surface area contributed by atoms with Crippen LogP contribution >= 0.6 is 0 Å². The Bertz CT molecular complexity index is 1120. The third-order valence-corrected chi connectivity index (χ3v) is 4.14. The molecule has 0 saturated heterocycles. The molecule has 0 bridgehead atoms. The zero-order chi connectivity index (χ0) is 17.9. The van der Waals surface area contributed by atoms with Crippen LogP contribution in [0.2, 0.25) is 0 Å². The third-order valence-electron chi connectivity index (χ3n) is 4.14. The van der Waals surface area contributed by atoms with E-state index in [1.54, 1.807) is 36.4 Å². The topological polar surface area (TPSA) is 39.4 Å². The smallest absolute Gasteiger partial charge is 0.344 e. The second-order valence-corrected chi connectivity index (χ2v) is 5.89. The van der Waals surface area contributed by atoms with Crippen molar-refractivity contribution < 1.29 is 13.5 Å². The Labute approximate surface area is 149 Å². The first-order valence-corrected chi connectivity index (χ1v) is 8.20. The molecule has 128 valence electrons. The lowest BCUT2D eigenvalue weighted by atomic mass is 10.1. The highest BCUT2D eigenvalue weighted by Gasteiger charge is 2.09. The number of fused-ring (bicyclic) bond motifs is 1. The fourth-order valence-corrected chi connectivity index (χ4v) is 2.78. The molecule has 0 aliphatic heterocycles. The van der Waals surface area contributed by atoms with Gasteiger partial charge in [0.05, 0.1) is 5.56 Å². The molecule has 0 aliphatic rings. The second kappa shape index (κ2) is 6.84. The molecule has 0 unspecified atom stereocenters. The van der Waals surface area contributed by atoms with Crippen LogP contribution in [0.3, 0.4) is 0 Å². The van der Waals surface area contributed by atoms with Gasteiger partial charge in [-0.25, -0.2) is 9.18 Å². The standard InChI is InChI=1S/C22H15FO3/c23-20-9-5-4-8-17(20)14-25-18-11-10-16-12-19(15-6-2-1-3-7-15)22(24)26-21(16)13-18/h1-13H,14H2. The molecule has 0 atom stereocenters. The maximum Gasteiger partial charge on any atom is 0.344 e. The number of hydrogen-bond donors (Lipinski definition) is 0. The van der Waals surface area contributed by atoms with Gasteiger partial charge >= 0.3 is 5.63 Å². The quantitative estimate of drug-likeness (QED) is 0.478. The van der Waals surface area contributed by atoms with Crippen molar-refractivity contribution in [3.8, 4) is 16.9 Å². The lowest BCUT2D eigenvalue weighted by Crippen LogP contribution is -2.03. The van der Waals surface area contributed by atoms with Gasteiger partial charge in [-0.05, 0) is 29.8 Å². The van der Waals surface area contributed by atoms with E-state index in [-0.39, 0.29) is 12.4 Å². The van der Waals surface area contributed by atoms with Gasteiger partial charge < -0.3 is 9.15 Å². The fourth-order valence-electron chi connectivity index (χ4n) is 2.78. The SMILES string of the molecule is O=c1oc2cc(OCc3ccccc3F)ccc2cc1-c1ccccc1. The summed E-state index contributed by atoms with van der Waals surface area (Å²) in [6.45, 7) is 0.102. The Morgan fingerprint density at radius 3 is 2.46 bits per heavy atom. The molecule has 4 heteroatoms. The van der Waals surface area contributed by atoms with E-state index in [0.29, 0.717) is 22.5 Å². The molecule has 4 aromatic rings. The molecule has 0 radical (unpaired) electrons. The minimum absolute atomic E-state index is 0.102. The van der Waals surface area contributed by atoms with Crippen molar-refractivity contribution in [1.82, 2.24) is 0 Å². The van der Waals surface area contributed by atoms with Crippen LogP contribution in [-0.4, -0.2) is 0 Å². The van der Waals surface area contributed by atoms with E-state index in [0.717, 1.165) is 10.9 Å². The van der Waals surface area contributed by atoms with Crippen LogP contribution in [0, 0.1) is 5.82 Å². The predicted octanol–water partition coefficient (Wildman–Crippen LogP) is 5.18. The van der Waals surface area contributed by atoms with E-state index >= 15 is 0 Å². The molecule has 0 fully saturated rings. The van der Waals surface area contributed by atoms with Crippen molar-refractivity contribution in [3.05, 3.63) is 101 Å². The number of ether oxygens (including phenoxy) is 1. The molecular formula is C22H15FO3. The first-order valence-electron chi connectivity index (χ1n) is 8.20. The molecule has 0 N–H and O–H groups in total. The maximum atomic E-state index is 13.7. The van der Waals surface area contributed by atoms with Crippen molar-refractivity contribution in [2.75, 3.05) is 0 Å². The summed E-state index contributed by atoms with van der Waals surface area (Å²) in [5, 5.41) is 0.793. The van der Waals surface area contributed by atoms with Gasteiger partial charge in [0.2, 0.25) is 0 Å². The van der Waals surface area contributed by atoms with E-state index in [4.69, 9.17) is 9.15 Å². The molecular weight excluding hydrogens is 331 g/mol. The Morgan fingerprint density at radius 2 is 1.65 bits per heavy atom. The second-order valence-electron chi connectivity index (χ2n) is 5.89. The van der Waals surface area contributed by atoms with Crippen LogP contribution in [-0.2, 0) is 6.61 Å². The van der Waals surface area contributed by atoms with Gasteiger partial charge in [0, 0.05) is 17.0 Å². The number of hydrogen-bond acceptors (Lipinski definition) is 3. The van der Waals surface area contributed by atoms with Crippen molar-refractivity contribution in [3.63, 3.8) is 0 Å². The zero-order valence-electron chi connectivity index (χ0n) is 13.8. The Morgan fingerprint density at radius 1 is 0.885 bits per heavy atom. The van der Waals surface area contributed by atoms with Gasteiger partial charge in [0.15, 0.2) is 0 Å². The summed E-state index contributed by atoms with van der Waals surface area (Å²) in [6, 6.07) is 22.9. The minimum atomic E-state index is -0.407. The molecule has 26 heavy (non-hydrogen) atoms. The highest BCUT2D eigenvalue weighted by Crippen LogP contribution is 2.25. The minimum Gasteiger partial charge on any atom is -0.489 e. The molecule has 4 rings (SSSR count). The van der Waals surface area contributed by atoms with Crippen LogP contribution in [0.4, 0.5) is 4.39 Å². The van der Waals surface area contributed by atoms with Gasteiger partial charge in [-0.2, -0.15) is 0 Å². The first-order chi connectivity index (χ1) is 12.7. The average molecular weight is 346 g/mol. The van der Waals surface area contributed by atoms with Gasteiger partial charge in [-0.15, -0.1) is 0 Å². The summed E-state index contributed by atoms with van der Waals surface area (Å²) >= 11 is 0. The van der Waals surface area contributed by atoms with E-state index in [1.807, 2.05) is 36.4 Å². The fraction of sp³-hybridized carbons (Fsp3) is 0.0455. The normalized spacial score (nSPS) is 10.8. The first kappa shape index (κ1) is 16.1. The number of halogens is 1. The molecule has 3 aromatic carbocycles. The van der Waals surface area contributed by atoms with Crippen LogP contribution < -0.4 is 10.4 Å². The Hall–Kier alpha value is -3.40. The number of benzene rings is 3. The largest absolute Gasteiger partial charge is 0.489 e. The van der Waals surface area contributed by atoms with Crippen molar-refractivity contribution >= 4 is 11.0 Å². The highest BCUT2D eigenvalue weighted by molar-refractivity contribution is 5.82. The van der Waals surface area contributed by atoms with Gasteiger partial charge in [0.25, 0.3) is 0 Å². The molecule has 0 amide bonds. The van der Waals surface area contributed by atoms with Crippen molar-refractivity contribution in [2.24, 2.45) is 0 Å². The molecule has 1 aromatic heterocycles. The lowest BCUT2D eigenvalue weighted by Gasteiger charge is -2.08. The van der Waals surface area contributed by atoms with E-state index in [9.17, 15) is 9.18 Å². The monoisotopic (exact) mass is 346 g/mol. The number of rotatable bonds is 4. The van der Waals surface area contributed by atoms with E-state index in [2.05, 4.69) is 0 Å². The summed E-state index contributed by atoms with van der Waals surface area (Å²) in [5.74, 6) is 0.198. The third kappa shape index (κ3) is 3.22. The molecule has 0 saturated carbocycles. The van der Waals surface area contributed by atoms with Crippen LogP contribution in [0.25, 0.3) is 22.1 Å². The van der Waals surface area contributed by atoms with Crippen LogP contribution in [0.1, 0.15) is 5.56 Å².